The summed E-state index contributed by atoms with van der Waals surface area (Å²) in [5, 5.41) is 4.04. The zero-order valence-electron chi connectivity index (χ0n) is 18.8. The summed E-state index contributed by atoms with van der Waals surface area (Å²) in [4.78, 5) is 16.7. The molecule has 1 fully saturated rings. The Bertz CT molecular complexity index is 1100. The molecule has 33 heavy (non-hydrogen) atoms. The number of nitrogens with zero attached hydrogens (tertiary/aromatic N) is 2. The van der Waals surface area contributed by atoms with Gasteiger partial charge in [0.2, 0.25) is 0 Å². The molecule has 170 valence electrons. The summed E-state index contributed by atoms with van der Waals surface area (Å²) in [7, 11) is 3.15. The highest BCUT2D eigenvalue weighted by atomic mass is 16.5. The van der Waals surface area contributed by atoms with E-state index in [2.05, 4.69) is 15.5 Å². The van der Waals surface area contributed by atoms with Gasteiger partial charge in [-0.3, -0.25) is 9.78 Å². The van der Waals surface area contributed by atoms with Crippen LogP contribution in [0.1, 0.15) is 41.7 Å². The topological polar surface area (TPSA) is 82.0 Å². The fourth-order valence-corrected chi connectivity index (χ4v) is 3.79. The Morgan fingerprint density at radius 1 is 0.939 bits per heavy atom. The Hall–Kier alpha value is -3.87. The number of hydrogen-bond donors (Lipinski definition) is 1. The standard InChI is InChI=1S/C26H27N3O4/c1-31-23-13-18(14-24(16-23)32-2)17-28-29-26(30)25-15-20(11-12-27-25)19-7-9-22(10-8-19)33-21-5-3-4-6-21/h7-17,21H,3-6H2,1-2H3,(H,29,30). The first-order valence-corrected chi connectivity index (χ1v) is 10.9. The zero-order valence-corrected chi connectivity index (χ0v) is 18.8. The van der Waals surface area contributed by atoms with E-state index in [0.717, 1.165) is 35.3 Å². The van der Waals surface area contributed by atoms with Crippen molar-refractivity contribution < 1.29 is 19.0 Å². The maximum atomic E-state index is 12.6. The Kier molecular flexibility index (Phi) is 7.19. The smallest absolute Gasteiger partial charge is 0.289 e. The third-order valence-corrected chi connectivity index (χ3v) is 5.54. The predicted octanol–water partition coefficient (Wildman–Crippen LogP) is 4.85. The Balaban J connectivity index is 1.41. The Morgan fingerprint density at radius 2 is 1.64 bits per heavy atom. The fourth-order valence-electron chi connectivity index (χ4n) is 3.79. The molecule has 7 nitrogen and oxygen atoms in total. The number of carbonyl (C=O) groups excluding carboxylic acids is 1. The predicted molar refractivity (Wildman–Crippen MR) is 127 cm³/mol. The van der Waals surface area contributed by atoms with Gasteiger partial charge < -0.3 is 14.2 Å². The van der Waals surface area contributed by atoms with E-state index in [1.807, 2.05) is 30.3 Å². The van der Waals surface area contributed by atoms with Gasteiger partial charge in [-0.25, -0.2) is 5.43 Å². The number of amides is 1. The van der Waals surface area contributed by atoms with Gasteiger partial charge >= 0.3 is 0 Å². The highest BCUT2D eigenvalue weighted by Gasteiger charge is 2.16. The molecule has 1 saturated carbocycles. The molecule has 4 rings (SSSR count). The number of rotatable bonds is 8. The van der Waals surface area contributed by atoms with Crippen molar-refractivity contribution in [3.63, 3.8) is 0 Å². The first-order chi connectivity index (χ1) is 16.1. The maximum Gasteiger partial charge on any atom is 0.289 e. The van der Waals surface area contributed by atoms with Crippen LogP contribution in [0.4, 0.5) is 0 Å². The molecule has 1 heterocycles. The molecule has 7 heteroatoms. The van der Waals surface area contributed by atoms with Crippen LogP contribution in [0.5, 0.6) is 17.2 Å². The van der Waals surface area contributed by atoms with Gasteiger partial charge in [0.1, 0.15) is 22.9 Å². The lowest BCUT2D eigenvalue weighted by Gasteiger charge is -2.13. The molecule has 1 N–H and O–H groups in total. The molecule has 2 aromatic carbocycles. The molecule has 0 unspecified atom stereocenters. The van der Waals surface area contributed by atoms with Crippen molar-refractivity contribution in [3.05, 3.63) is 72.1 Å². The minimum absolute atomic E-state index is 0.277. The van der Waals surface area contributed by atoms with Gasteiger partial charge in [-0.05, 0) is 73.2 Å². The van der Waals surface area contributed by atoms with Crippen molar-refractivity contribution >= 4 is 12.1 Å². The van der Waals surface area contributed by atoms with Crippen LogP contribution in [0.15, 0.2) is 65.9 Å². The summed E-state index contributed by atoms with van der Waals surface area (Å²) >= 11 is 0. The molecule has 3 aromatic rings. The minimum atomic E-state index is -0.399. The van der Waals surface area contributed by atoms with Gasteiger partial charge in [-0.2, -0.15) is 5.10 Å². The second-order valence-corrected chi connectivity index (χ2v) is 7.82. The number of carbonyl (C=O) groups is 1. The molecule has 0 aliphatic heterocycles. The quantitative estimate of drug-likeness (QED) is 0.396. The van der Waals surface area contributed by atoms with E-state index >= 15 is 0 Å². The average molecular weight is 446 g/mol. The normalized spacial score (nSPS) is 13.8. The van der Waals surface area contributed by atoms with Crippen LogP contribution in [-0.4, -0.2) is 37.4 Å². The van der Waals surface area contributed by atoms with Crippen LogP contribution >= 0.6 is 0 Å². The van der Waals surface area contributed by atoms with Crippen LogP contribution in [-0.2, 0) is 0 Å². The van der Waals surface area contributed by atoms with Crippen molar-refractivity contribution in [2.24, 2.45) is 5.10 Å². The van der Waals surface area contributed by atoms with Gasteiger partial charge in [-0.1, -0.05) is 12.1 Å². The molecular formula is C26H27N3O4. The van der Waals surface area contributed by atoms with E-state index in [1.165, 1.54) is 19.1 Å². The van der Waals surface area contributed by atoms with Crippen molar-refractivity contribution in [2.45, 2.75) is 31.8 Å². The number of hydrogen-bond acceptors (Lipinski definition) is 6. The fraction of sp³-hybridized carbons (Fsp3) is 0.269. The summed E-state index contributed by atoms with van der Waals surface area (Å²) in [5.41, 5.74) is 5.40. The number of aromatic nitrogens is 1. The third-order valence-electron chi connectivity index (χ3n) is 5.54. The summed E-state index contributed by atoms with van der Waals surface area (Å²) in [6.07, 6.45) is 8.19. The zero-order chi connectivity index (χ0) is 23.0. The summed E-state index contributed by atoms with van der Waals surface area (Å²) in [6.45, 7) is 0. The van der Waals surface area contributed by atoms with Crippen molar-refractivity contribution in [3.8, 4) is 28.4 Å². The van der Waals surface area contributed by atoms with Crippen LogP contribution in [0.25, 0.3) is 11.1 Å². The highest BCUT2D eigenvalue weighted by molar-refractivity contribution is 5.94. The van der Waals surface area contributed by atoms with E-state index in [-0.39, 0.29) is 5.69 Å². The minimum Gasteiger partial charge on any atom is -0.497 e. The van der Waals surface area contributed by atoms with Gasteiger partial charge in [-0.15, -0.1) is 0 Å². The second kappa shape index (κ2) is 10.6. The first kappa shape index (κ1) is 22.3. The lowest BCUT2D eigenvalue weighted by Crippen LogP contribution is -2.19. The number of methoxy groups -OCH3 is 2. The average Bonchev–Trinajstić information content (AvgIpc) is 3.37. The van der Waals surface area contributed by atoms with Gasteiger partial charge in [0.15, 0.2) is 0 Å². The number of benzene rings is 2. The third kappa shape index (κ3) is 5.88. The number of pyridine rings is 1. The SMILES string of the molecule is COc1cc(C=NNC(=O)c2cc(-c3ccc(OC4CCCC4)cc3)ccn2)cc(OC)c1. The summed E-state index contributed by atoms with van der Waals surface area (Å²) < 4.78 is 16.5. The van der Waals surface area contributed by atoms with Gasteiger partial charge in [0.25, 0.3) is 5.91 Å². The van der Waals surface area contributed by atoms with E-state index < -0.39 is 5.91 Å². The first-order valence-electron chi connectivity index (χ1n) is 10.9. The second-order valence-electron chi connectivity index (χ2n) is 7.82. The van der Waals surface area contributed by atoms with Gasteiger partial charge in [0, 0.05) is 17.8 Å². The molecule has 1 aliphatic rings. The summed E-state index contributed by atoms with van der Waals surface area (Å²) in [6, 6.07) is 16.9. The summed E-state index contributed by atoms with van der Waals surface area (Å²) in [5.74, 6) is 1.75. The van der Waals surface area contributed by atoms with Crippen molar-refractivity contribution in [1.29, 1.82) is 0 Å². The molecule has 0 saturated heterocycles. The molecule has 0 radical (unpaired) electrons. The van der Waals surface area contributed by atoms with E-state index in [9.17, 15) is 4.79 Å². The molecule has 1 aromatic heterocycles. The number of ether oxygens (including phenoxy) is 3. The van der Waals surface area contributed by atoms with E-state index in [4.69, 9.17) is 14.2 Å². The molecule has 0 bridgehead atoms. The van der Waals surface area contributed by atoms with Crippen molar-refractivity contribution in [2.75, 3.05) is 14.2 Å². The largest absolute Gasteiger partial charge is 0.497 e. The molecule has 1 aliphatic carbocycles. The van der Waals surface area contributed by atoms with Gasteiger partial charge in [0.05, 0.1) is 26.5 Å². The maximum absolute atomic E-state index is 12.6. The van der Waals surface area contributed by atoms with Crippen molar-refractivity contribution in [1.82, 2.24) is 10.4 Å². The molecule has 0 atom stereocenters. The molecule has 0 spiro atoms. The van der Waals surface area contributed by atoms with Crippen LogP contribution in [0.2, 0.25) is 0 Å². The lowest BCUT2D eigenvalue weighted by atomic mass is 10.1. The highest BCUT2D eigenvalue weighted by Crippen LogP contribution is 2.27. The van der Waals surface area contributed by atoms with Crippen LogP contribution in [0.3, 0.4) is 0 Å². The Morgan fingerprint density at radius 3 is 2.30 bits per heavy atom. The van der Waals surface area contributed by atoms with Crippen LogP contribution in [0, 0.1) is 0 Å². The molecular weight excluding hydrogens is 418 g/mol. The number of hydrazone groups is 1. The number of nitrogens with one attached hydrogen (secondary N) is 1. The monoisotopic (exact) mass is 445 g/mol. The lowest BCUT2D eigenvalue weighted by molar-refractivity contribution is 0.0950. The van der Waals surface area contributed by atoms with Crippen LogP contribution < -0.4 is 19.6 Å². The van der Waals surface area contributed by atoms with E-state index in [0.29, 0.717) is 17.6 Å². The molecule has 1 amide bonds. The Labute approximate surface area is 193 Å². The van der Waals surface area contributed by atoms with E-state index in [1.54, 1.807) is 44.7 Å².